The van der Waals surface area contributed by atoms with Crippen LogP contribution in [0.5, 0.6) is 0 Å². The van der Waals surface area contributed by atoms with Crippen LogP contribution in [-0.4, -0.2) is 49.9 Å². The summed E-state index contributed by atoms with van der Waals surface area (Å²) >= 11 is 0. The minimum Gasteiger partial charge on any atom is -0.341 e. The SMILES string of the molecule is CCC1C=C(CC(=O)N2CC(NC(=O)C(C)NC)C(=O)N(Cc3c(C)ccc4ccccc34)c3ccccc32)NNCCC1C. The molecule has 238 valence electrons. The second kappa shape index (κ2) is 14.3. The highest BCUT2D eigenvalue weighted by Crippen LogP contribution is 2.36. The molecule has 0 spiro atoms. The third kappa shape index (κ3) is 7.05. The van der Waals surface area contributed by atoms with Crippen LogP contribution in [0.25, 0.3) is 10.8 Å². The van der Waals surface area contributed by atoms with Gasteiger partial charge in [-0.05, 0) is 79.6 Å². The van der Waals surface area contributed by atoms with Crippen molar-refractivity contribution in [3.8, 4) is 0 Å². The molecular weight excluding hydrogens is 564 g/mol. The predicted molar refractivity (Wildman–Crippen MR) is 181 cm³/mol. The van der Waals surface area contributed by atoms with Gasteiger partial charge in [0, 0.05) is 12.2 Å². The van der Waals surface area contributed by atoms with Gasteiger partial charge < -0.3 is 25.9 Å². The monoisotopic (exact) mass is 610 g/mol. The summed E-state index contributed by atoms with van der Waals surface area (Å²) in [5.74, 6) is 0.138. The maximum Gasteiger partial charge on any atom is 0.251 e. The summed E-state index contributed by atoms with van der Waals surface area (Å²) in [4.78, 5) is 45.3. The molecule has 45 heavy (non-hydrogen) atoms. The number of carbonyl (C=O) groups is 3. The lowest BCUT2D eigenvalue weighted by Crippen LogP contribution is -2.55. The Morgan fingerprint density at radius 1 is 1.04 bits per heavy atom. The van der Waals surface area contributed by atoms with E-state index in [1.165, 1.54) is 0 Å². The van der Waals surface area contributed by atoms with E-state index in [4.69, 9.17) is 0 Å². The number of benzene rings is 3. The lowest BCUT2D eigenvalue weighted by Gasteiger charge is -2.28. The molecule has 9 heteroatoms. The number of amides is 3. The molecule has 4 unspecified atom stereocenters. The average molecular weight is 611 g/mol. The van der Waals surface area contributed by atoms with E-state index in [0.29, 0.717) is 29.8 Å². The fourth-order valence-corrected chi connectivity index (χ4v) is 6.37. The van der Waals surface area contributed by atoms with Gasteiger partial charge in [0.15, 0.2) is 0 Å². The molecule has 2 heterocycles. The van der Waals surface area contributed by atoms with Crippen LogP contribution in [0.4, 0.5) is 11.4 Å². The van der Waals surface area contributed by atoms with Gasteiger partial charge in [-0.1, -0.05) is 68.5 Å². The zero-order valence-electron chi connectivity index (χ0n) is 27.0. The van der Waals surface area contributed by atoms with Crippen LogP contribution in [-0.2, 0) is 20.9 Å². The van der Waals surface area contributed by atoms with Gasteiger partial charge in [-0.15, -0.1) is 0 Å². The Bertz CT molecular complexity index is 1590. The first kappa shape index (κ1) is 32.2. The van der Waals surface area contributed by atoms with Gasteiger partial charge in [0.25, 0.3) is 5.91 Å². The van der Waals surface area contributed by atoms with Gasteiger partial charge in [0.05, 0.1) is 36.9 Å². The number of anilines is 2. The molecule has 2 aliphatic rings. The van der Waals surface area contributed by atoms with Gasteiger partial charge >= 0.3 is 0 Å². The number of allylic oxidation sites excluding steroid dienone is 1. The highest BCUT2D eigenvalue weighted by Gasteiger charge is 2.38. The van der Waals surface area contributed by atoms with Crippen LogP contribution < -0.4 is 31.3 Å². The molecule has 0 aromatic heterocycles. The summed E-state index contributed by atoms with van der Waals surface area (Å²) in [7, 11) is 1.70. The molecule has 9 nitrogen and oxygen atoms in total. The molecule has 3 aromatic rings. The summed E-state index contributed by atoms with van der Waals surface area (Å²) in [5.41, 5.74) is 10.7. The Hall–Kier alpha value is -4.21. The Balaban J connectivity index is 1.56. The Kier molecular flexibility index (Phi) is 10.2. The number of rotatable bonds is 8. The number of hydrazine groups is 1. The van der Waals surface area contributed by atoms with Crippen molar-refractivity contribution >= 4 is 39.9 Å². The lowest BCUT2D eigenvalue weighted by atomic mass is 9.87. The molecule has 3 amide bonds. The van der Waals surface area contributed by atoms with Gasteiger partial charge in [0.1, 0.15) is 6.04 Å². The van der Waals surface area contributed by atoms with Crippen LogP contribution in [0.1, 0.15) is 51.2 Å². The number of likely N-dealkylation sites (N-methyl/N-ethyl adjacent to an activating group) is 1. The molecule has 0 saturated carbocycles. The zero-order chi connectivity index (χ0) is 32.1. The summed E-state index contributed by atoms with van der Waals surface area (Å²) in [6.07, 6.45) is 4.34. The number of hydrogen-bond donors (Lipinski definition) is 4. The third-order valence-electron chi connectivity index (χ3n) is 9.36. The van der Waals surface area contributed by atoms with Crippen LogP contribution in [0.15, 0.2) is 72.4 Å². The highest BCUT2D eigenvalue weighted by molar-refractivity contribution is 6.08. The van der Waals surface area contributed by atoms with Gasteiger partial charge in [-0.3, -0.25) is 14.4 Å². The van der Waals surface area contributed by atoms with Crippen molar-refractivity contribution in [2.45, 2.75) is 65.6 Å². The molecule has 0 radical (unpaired) electrons. The molecule has 0 aliphatic carbocycles. The molecule has 2 aliphatic heterocycles. The second-order valence-corrected chi connectivity index (χ2v) is 12.3. The number of carbonyl (C=O) groups excluding carboxylic acids is 3. The molecule has 4 N–H and O–H groups in total. The van der Waals surface area contributed by atoms with Crippen LogP contribution in [0.3, 0.4) is 0 Å². The zero-order valence-corrected chi connectivity index (χ0v) is 27.0. The predicted octanol–water partition coefficient (Wildman–Crippen LogP) is 4.55. The maximum atomic E-state index is 14.5. The Morgan fingerprint density at radius 2 is 1.78 bits per heavy atom. The van der Waals surface area contributed by atoms with Crippen LogP contribution >= 0.6 is 0 Å². The number of nitrogens with one attached hydrogen (secondary N) is 4. The number of aryl methyl sites for hydroxylation is 1. The molecule has 0 fully saturated rings. The van der Waals surface area contributed by atoms with Crippen molar-refractivity contribution in [3.05, 3.63) is 83.6 Å². The lowest BCUT2D eigenvalue weighted by molar-refractivity contribution is -0.128. The van der Waals surface area contributed by atoms with E-state index in [0.717, 1.165) is 47.0 Å². The minimum absolute atomic E-state index is 0.0240. The largest absolute Gasteiger partial charge is 0.341 e. The first-order chi connectivity index (χ1) is 21.7. The van der Waals surface area contributed by atoms with E-state index in [2.05, 4.69) is 65.7 Å². The number of nitrogens with zero attached hydrogens (tertiary/aromatic N) is 2. The van der Waals surface area contributed by atoms with E-state index in [-0.39, 0.29) is 30.7 Å². The summed E-state index contributed by atoms with van der Waals surface area (Å²) < 4.78 is 0. The van der Waals surface area contributed by atoms with E-state index in [1.54, 1.807) is 23.8 Å². The summed E-state index contributed by atoms with van der Waals surface area (Å²) in [5, 5.41) is 8.07. The van der Waals surface area contributed by atoms with Crippen molar-refractivity contribution in [2.24, 2.45) is 11.8 Å². The summed E-state index contributed by atoms with van der Waals surface area (Å²) in [6.45, 7) is 9.35. The topological polar surface area (TPSA) is 106 Å². The van der Waals surface area contributed by atoms with Crippen molar-refractivity contribution < 1.29 is 14.4 Å². The fraction of sp³-hybridized carbons (Fsp3) is 0.417. The standard InChI is InChI=1S/C36H46N6O3/c1-6-26-19-28(40-38-18-17-23(26)2)20-34(43)41-22-31(39-35(44)25(4)37-5)36(45)42(33-14-10-9-13-32(33)41)21-30-24(3)15-16-27-11-7-8-12-29(27)30/h7-16,19,23,25-26,31,37-38,40H,6,17-18,20-22H2,1-5H3,(H,39,44). The Morgan fingerprint density at radius 3 is 2.53 bits per heavy atom. The van der Waals surface area contributed by atoms with Gasteiger partial charge in [-0.25, -0.2) is 5.43 Å². The average Bonchev–Trinajstić information content (AvgIpc) is 3.15. The number of fused-ring (bicyclic) bond motifs is 2. The van der Waals surface area contributed by atoms with E-state index < -0.39 is 12.1 Å². The first-order valence-electron chi connectivity index (χ1n) is 16.1. The number of hydrogen-bond acceptors (Lipinski definition) is 6. The van der Waals surface area contributed by atoms with Crippen molar-refractivity contribution in [1.82, 2.24) is 21.5 Å². The van der Waals surface area contributed by atoms with Gasteiger partial charge in [0.2, 0.25) is 11.8 Å². The maximum absolute atomic E-state index is 14.5. The molecule has 5 rings (SSSR count). The normalized spacial score (nSPS) is 21.1. The molecule has 0 bridgehead atoms. The third-order valence-corrected chi connectivity index (χ3v) is 9.36. The van der Waals surface area contributed by atoms with Gasteiger partial charge in [-0.2, -0.15) is 0 Å². The molecule has 4 atom stereocenters. The van der Waals surface area contributed by atoms with E-state index in [1.807, 2.05) is 43.3 Å². The molecular formula is C36H46N6O3. The smallest absolute Gasteiger partial charge is 0.251 e. The second-order valence-electron chi connectivity index (χ2n) is 12.3. The van der Waals surface area contributed by atoms with Crippen molar-refractivity contribution in [1.29, 1.82) is 0 Å². The first-order valence-corrected chi connectivity index (χ1v) is 16.1. The van der Waals surface area contributed by atoms with Crippen LogP contribution in [0, 0.1) is 18.8 Å². The van der Waals surface area contributed by atoms with Crippen molar-refractivity contribution in [2.75, 3.05) is 29.9 Å². The minimum atomic E-state index is -0.944. The van der Waals surface area contributed by atoms with Crippen molar-refractivity contribution in [3.63, 3.8) is 0 Å². The van der Waals surface area contributed by atoms with E-state index in [9.17, 15) is 14.4 Å². The van der Waals surface area contributed by atoms with Crippen LogP contribution in [0.2, 0.25) is 0 Å². The summed E-state index contributed by atoms with van der Waals surface area (Å²) in [6, 6.07) is 18.4. The fourth-order valence-electron chi connectivity index (χ4n) is 6.37. The molecule has 3 aromatic carbocycles. The molecule has 0 saturated heterocycles. The number of para-hydroxylation sites is 2. The Labute approximate surface area is 266 Å². The quantitative estimate of drug-likeness (QED) is 0.298. The van der Waals surface area contributed by atoms with E-state index >= 15 is 0 Å². The highest BCUT2D eigenvalue weighted by atomic mass is 16.2.